The number of aryl methyl sites for hydroxylation is 1. The van der Waals surface area contributed by atoms with E-state index in [1.807, 2.05) is 77.1 Å². The second-order valence-corrected chi connectivity index (χ2v) is 6.54. The van der Waals surface area contributed by atoms with Crippen molar-refractivity contribution < 1.29 is 14.3 Å². The molecule has 0 heterocycles. The molecule has 0 bridgehead atoms. The number of nitrogens with one attached hydrogen (secondary N) is 2. The molecule has 0 aromatic heterocycles. The molecule has 0 saturated heterocycles. The molecule has 0 aliphatic rings. The van der Waals surface area contributed by atoms with Gasteiger partial charge in [-0.05, 0) is 64.4 Å². The second-order valence-electron chi connectivity index (χ2n) is 6.54. The van der Waals surface area contributed by atoms with Crippen molar-refractivity contribution in [1.82, 2.24) is 5.32 Å². The van der Waals surface area contributed by atoms with Crippen molar-refractivity contribution in [3.63, 3.8) is 0 Å². The summed E-state index contributed by atoms with van der Waals surface area (Å²) in [5.74, 6) is 1.39. The molecule has 0 saturated carbocycles. The maximum Gasteiger partial charge on any atom is 0.241 e. The largest absolute Gasteiger partial charge is 0.490 e. The predicted molar refractivity (Wildman–Crippen MR) is 110 cm³/mol. The van der Waals surface area contributed by atoms with Crippen LogP contribution in [0, 0.1) is 6.92 Å². The van der Waals surface area contributed by atoms with Gasteiger partial charge >= 0.3 is 0 Å². The van der Waals surface area contributed by atoms with E-state index in [0.29, 0.717) is 13.2 Å². The van der Waals surface area contributed by atoms with Crippen LogP contribution in [-0.4, -0.2) is 25.2 Å². The van der Waals surface area contributed by atoms with Crippen LogP contribution in [0.25, 0.3) is 0 Å². The Morgan fingerprint density at radius 1 is 0.963 bits per heavy atom. The average molecular weight is 370 g/mol. The van der Waals surface area contributed by atoms with Crippen molar-refractivity contribution in [2.45, 2.75) is 46.7 Å². The molecule has 146 valence electrons. The Morgan fingerprint density at radius 2 is 1.59 bits per heavy atom. The van der Waals surface area contributed by atoms with E-state index in [0.717, 1.165) is 28.3 Å². The zero-order chi connectivity index (χ0) is 19.8. The lowest BCUT2D eigenvalue weighted by atomic mass is 10.1. The molecule has 0 aliphatic carbocycles. The van der Waals surface area contributed by atoms with E-state index in [9.17, 15) is 4.79 Å². The van der Waals surface area contributed by atoms with Gasteiger partial charge in [0.05, 0.1) is 19.3 Å². The van der Waals surface area contributed by atoms with Crippen LogP contribution in [0.4, 0.5) is 5.69 Å². The van der Waals surface area contributed by atoms with Crippen molar-refractivity contribution in [1.29, 1.82) is 0 Å². The Balaban J connectivity index is 2.02. The number of amides is 1. The predicted octanol–water partition coefficient (Wildman–Crippen LogP) is 4.47. The van der Waals surface area contributed by atoms with Gasteiger partial charge in [-0.2, -0.15) is 0 Å². The first-order chi connectivity index (χ1) is 12.9. The average Bonchev–Trinajstić information content (AvgIpc) is 2.65. The molecule has 2 aromatic rings. The molecule has 5 nitrogen and oxygen atoms in total. The van der Waals surface area contributed by atoms with Crippen molar-refractivity contribution in [3.8, 4) is 11.5 Å². The van der Waals surface area contributed by atoms with Crippen LogP contribution in [0.3, 0.4) is 0 Å². The summed E-state index contributed by atoms with van der Waals surface area (Å²) in [4.78, 5) is 12.5. The lowest BCUT2D eigenvalue weighted by Gasteiger charge is -2.21. The summed E-state index contributed by atoms with van der Waals surface area (Å²) in [7, 11) is 0. The normalized spacial score (nSPS) is 12.9. The molecule has 0 fully saturated rings. The Kier molecular flexibility index (Phi) is 7.67. The van der Waals surface area contributed by atoms with Gasteiger partial charge in [0.1, 0.15) is 0 Å². The van der Waals surface area contributed by atoms with E-state index in [1.165, 1.54) is 0 Å². The first kappa shape index (κ1) is 20.8. The van der Waals surface area contributed by atoms with Gasteiger partial charge in [0.25, 0.3) is 0 Å². The highest BCUT2D eigenvalue weighted by molar-refractivity contribution is 5.94. The molecule has 2 atom stereocenters. The molecule has 27 heavy (non-hydrogen) atoms. The van der Waals surface area contributed by atoms with E-state index >= 15 is 0 Å². The summed E-state index contributed by atoms with van der Waals surface area (Å²) in [5, 5.41) is 6.28. The molecular weight excluding hydrogens is 340 g/mol. The van der Waals surface area contributed by atoms with Crippen LogP contribution < -0.4 is 20.1 Å². The smallest absolute Gasteiger partial charge is 0.241 e. The quantitative estimate of drug-likeness (QED) is 0.684. The molecule has 2 rings (SSSR count). The molecule has 2 N–H and O–H groups in total. The number of benzene rings is 2. The van der Waals surface area contributed by atoms with Crippen LogP contribution in [0.1, 0.15) is 44.9 Å². The lowest BCUT2D eigenvalue weighted by molar-refractivity contribution is -0.117. The summed E-state index contributed by atoms with van der Waals surface area (Å²) >= 11 is 0. The number of carbonyl (C=O) groups excluding carboxylic acids is 1. The Bertz CT molecular complexity index is 744. The number of hydrogen-bond acceptors (Lipinski definition) is 4. The van der Waals surface area contributed by atoms with Gasteiger partial charge in [0.2, 0.25) is 5.91 Å². The van der Waals surface area contributed by atoms with Gasteiger partial charge in [-0.25, -0.2) is 0 Å². The van der Waals surface area contributed by atoms with Gasteiger partial charge < -0.3 is 14.8 Å². The highest BCUT2D eigenvalue weighted by Crippen LogP contribution is 2.30. The number of ether oxygens (including phenoxy) is 2. The molecule has 2 aromatic carbocycles. The number of rotatable bonds is 9. The van der Waals surface area contributed by atoms with Crippen molar-refractivity contribution in [3.05, 3.63) is 53.6 Å². The minimum Gasteiger partial charge on any atom is -0.490 e. The maximum atomic E-state index is 12.5. The molecule has 1 amide bonds. The van der Waals surface area contributed by atoms with Crippen molar-refractivity contribution >= 4 is 11.6 Å². The van der Waals surface area contributed by atoms with Crippen LogP contribution in [-0.2, 0) is 4.79 Å². The van der Waals surface area contributed by atoms with Gasteiger partial charge in [0, 0.05) is 11.7 Å². The van der Waals surface area contributed by atoms with E-state index in [2.05, 4.69) is 10.6 Å². The van der Waals surface area contributed by atoms with E-state index in [4.69, 9.17) is 9.47 Å². The van der Waals surface area contributed by atoms with Crippen molar-refractivity contribution in [2.75, 3.05) is 18.5 Å². The highest BCUT2D eigenvalue weighted by Gasteiger charge is 2.18. The van der Waals surface area contributed by atoms with Crippen LogP contribution in [0.2, 0.25) is 0 Å². The van der Waals surface area contributed by atoms with Crippen LogP contribution >= 0.6 is 0 Å². The zero-order valence-electron chi connectivity index (χ0n) is 16.8. The van der Waals surface area contributed by atoms with Gasteiger partial charge in [0.15, 0.2) is 11.5 Å². The molecular formula is C22H30N2O3. The van der Waals surface area contributed by atoms with Gasteiger partial charge in [-0.15, -0.1) is 0 Å². The molecule has 5 heteroatoms. The SMILES string of the molecule is CCOc1ccc([C@H](C)N[C@@H](C)C(=O)Nc2ccc(C)cc2)cc1OCC. The summed E-state index contributed by atoms with van der Waals surface area (Å²) < 4.78 is 11.3. The summed E-state index contributed by atoms with van der Waals surface area (Å²) in [6.45, 7) is 11.0. The first-order valence-corrected chi connectivity index (χ1v) is 9.47. The summed E-state index contributed by atoms with van der Waals surface area (Å²) in [5.41, 5.74) is 3.00. The lowest BCUT2D eigenvalue weighted by Crippen LogP contribution is -2.39. The third kappa shape index (κ3) is 6.00. The topological polar surface area (TPSA) is 59.6 Å². The highest BCUT2D eigenvalue weighted by atomic mass is 16.5. The van der Waals surface area contributed by atoms with E-state index < -0.39 is 0 Å². The fourth-order valence-corrected chi connectivity index (χ4v) is 2.77. The fourth-order valence-electron chi connectivity index (χ4n) is 2.77. The molecule has 0 radical (unpaired) electrons. The second kappa shape index (κ2) is 9.97. The third-order valence-corrected chi connectivity index (χ3v) is 4.28. The number of hydrogen-bond donors (Lipinski definition) is 2. The van der Waals surface area contributed by atoms with E-state index in [-0.39, 0.29) is 18.0 Å². The zero-order valence-corrected chi connectivity index (χ0v) is 16.8. The van der Waals surface area contributed by atoms with Crippen LogP contribution in [0.5, 0.6) is 11.5 Å². The summed E-state index contributed by atoms with van der Waals surface area (Å²) in [6, 6.07) is 13.3. The fraction of sp³-hybridized carbons (Fsp3) is 0.409. The summed E-state index contributed by atoms with van der Waals surface area (Å²) in [6.07, 6.45) is 0. The van der Waals surface area contributed by atoms with E-state index in [1.54, 1.807) is 0 Å². The van der Waals surface area contributed by atoms with Gasteiger partial charge in [-0.3, -0.25) is 10.1 Å². The third-order valence-electron chi connectivity index (χ3n) is 4.28. The number of carbonyl (C=O) groups is 1. The Labute approximate surface area is 162 Å². The standard InChI is InChI=1S/C22H30N2O3/c1-6-26-20-13-10-18(14-21(20)27-7-2)16(4)23-17(5)22(25)24-19-11-8-15(3)9-12-19/h8-14,16-17,23H,6-7H2,1-5H3,(H,24,25)/t16-,17-/m0/s1. The molecule has 0 spiro atoms. The van der Waals surface area contributed by atoms with Crippen molar-refractivity contribution in [2.24, 2.45) is 0 Å². The Morgan fingerprint density at radius 3 is 2.22 bits per heavy atom. The minimum absolute atomic E-state index is 0.0151. The first-order valence-electron chi connectivity index (χ1n) is 9.47. The molecule has 0 aliphatic heterocycles. The maximum absolute atomic E-state index is 12.5. The molecule has 0 unspecified atom stereocenters. The Hall–Kier alpha value is -2.53. The number of anilines is 1. The van der Waals surface area contributed by atoms with Gasteiger partial charge in [-0.1, -0.05) is 23.8 Å². The monoisotopic (exact) mass is 370 g/mol. The van der Waals surface area contributed by atoms with Crippen LogP contribution in [0.15, 0.2) is 42.5 Å². The minimum atomic E-state index is -0.344.